The van der Waals surface area contributed by atoms with Crippen molar-refractivity contribution < 1.29 is 4.79 Å². The van der Waals surface area contributed by atoms with E-state index in [1.165, 1.54) is 9.81 Å². The minimum atomic E-state index is -0.618. The summed E-state index contributed by atoms with van der Waals surface area (Å²) in [5.41, 5.74) is 5.09. The lowest BCUT2D eigenvalue weighted by molar-refractivity contribution is -0.119. The Morgan fingerprint density at radius 2 is 1.58 bits per heavy atom. The van der Waals surface area contributed by atoms with E-state index in [0.717, 1.165) is 28.2 Å². The predicted octanol–water partition coefficient (Wildman–Crippen LogP) is 3.53. The zero-order valence-corrected chi connectivity index (χ0v) is 14.9. The van der Waals surface area contributed by atoms with Crippen molar-refractivity contribution in [1.82, 2.24) is 15.0 Å². The van der Waals surface area contributed by atoms with Crippen LogP contribution in [0.5, 0.6) is 0 Å². The van der Waals surface area contributed by atoms with Gasteiger partial charge in [0.05, 0.1) is 17.1 Å². The molecule has 0 saturated carbocycles. The zero-order valence-electron chi connectivity index (χ0n) is 14.9. The van der Waals surface area contributed by atoms with Crippen LogP contribution < -0.4 is 5.01 Å². The van der Waals surface area contributed by atoms with Crippen molar-refractivity contribution in [2.45, 2.75) is 26.8 Å². The second-order valence-electron chi connectivity index (χ2n) is 6.45. The summed E-state index contributed by atoms with van der Waals surface area (Å²) in [6.07, 6.45) is 0. The molecule has 1 atom stereocenters. The van der Waals surface area contributed by atoms with Gasteiger partial charge in [-0.3, -0.25) is 4.79 Å². The van der Waals surface area contributed by atoms with Gasteiger partial charge in [0.2, 0.25) is 0 Å². The first-order chi connectivity index (χ1) is 12.5. The molecule has 6 heteroatoms. The van der Waals surface area contributed by atoms with E-state index in [1.807, 2.05) is 75.4 Å². The van der Waals surface area contributed by atoms with Crippen molar-refractivity contribution in [1.29, 1.82) is 0 Å². The van der Waals surface area contributed by atoms with E-state index >= 15 is 0 Å². The van der Waals surface area contributed by atoms with E-state index < -0.39 is 6.04 Å². The molecule has 6 nitrogen and oxygen atoms in total. The molecule has 0 saturated heterocycles. The van der Waals surface area contributed by atoms with E-state index in [1.54, 1.807) is 0 Å². The predicted molar refractivity (Wildman–Crippen MR) is 101 cm³/mol. The van der Waals surface area contributed by atoms with Crippen LogP contribution in [0.4, 0.5) is 5.69 Å². The smallest absolute Gasteiger partial charge is 0.269 e. The normalized spacial score (nSPS) is 16.9. The lowest BCUT2D eigenvalue weighted by Gasteiger charge is -2.14. The minimum Gasteiger partial charge on any atom is -0.269 e. The van der Waals surface area contributed by atoms with Crippen LogP contribution in [0.2, 0.25) is 0 Å². The molecule has 0 N–H and O–H groups in total. The Hall–Kier alpha value is -3.28. The summed E-state index contributed by atoms with van der Waals surface area (Å²) in [4.78, 5) is 14.4. The van der Waals surface area contributed by atoms with Crippen molar-refractivity contribution >= 4 is 17.3 Å². The van der Waals surface area contributed by atoms with Crippen molar-refractivity contribution in [3.05, 3.63) is 65.9 Å². The minimum absolute atomic E-state index is 0.152. The molecule has 1 amide bonds. The van der Waals surface area contributed by atoms with Crippen molar-refractivity contribution in [2.24, 2.45) is 5.10 Å². The monoisotopic (exact) mass is 345 g/mol. The van der Waals surface area contributed by atoms with Crippen LogP contribution in [0, 0.1) is 13.8 Å². The number of hydrazone groups is 1. The fraction of sp³-hybridized carbons (Fsp3) is 0.200. The fourth-order valence-electron chi connectivity index (χ4n) is 3.07. The number of carbonyl (C=O) groups excluding carboxylic acids is 1. The third kappa shape index (κ3) is 2.69. The molecular weight excluding hydrogens is 326 g/mol. The number of aryl methyl sites for hydroxylation is 2. The SMILES string of the molecule is CC1=NN(c2ccc(C)cc2)C(=O)C1n1nc(C)c(-c2ccccc2)n1. The molecule has 2 heterocycles. The summed E-state index contributed by atoms with van der Waals surface area (Å²) >= 11 is 0. The van der Waals surface area contributed by atoms with Gasteiger partial charge in [0.15, 0.2) is 6.04 Å². The van der Waals surface area contributed by atoms with Crippen LogP contribution in [0.1, 0.15) is 24.2 Å². The second kappa shape index (κ2) is 6.22. The molecule has 130 valence electrons. The number of carbonyl (C=O) groups is 1. The topological polar surface area (TPSA) is 63.4 Å². The van der Waals surface area contributed by atoms with Crippen LogP contribution in [0.3, 0.4) is 0 Å². The van der Waals surface area contributed by atoms with E-state index in [-0.39, 0.29) is 5.91 Å². The van der Waals surface area contributed by atoms with Crippen LogP contribution in [0.25, 0.3) is 11.3 Å². The summed E-state index contributed by atoms with van der Waals surface area (Å²) in [6, 6.07) is 16.9. The number of rotatable bonds is 3. The van der Waals surface area contributed by atoms with Crippen LogP contribution in [0.15, 0.2) is 59.7 Å². The molecule has 26 heavy (non-hydrogen) atoms. The number of benzene rings is 2. The maximum Gasteiger partial charge on any atom is 0.280 e. The number of anilines is 1. The molecule has 1 unspecified atom stereocenters. The first kappa shape index (κ1) is 16.2. The highest BCUT2D eigenvalue weighted by molar-refractivity contribution is 6.16. The number of amides is 1. The van der Waals surface area contributed by atoms with Crippen molar-refractivity contribution in [3.63, 3.8) is 0 Å². The first-order valence-electron chi connectivity index (χ1n) is 8.49. The Kier molecular flexibility index (Phi) is 3.88. The second-order valence-corrected chi connectivity index (χ2v) is 6.45. The van der Waals surface area contributed by atoms with Crippen molar-refractivity contribution in [2.75, 3.05) is 5.01 Å². The number of hydrogen-bond donors (Lipinski definition) is 0. The third-order valence-electron chi connectivity index (χ3n) is 4.45. The van der Waals surface area contributed by atoms with E-state index in [4.69, 9.17) is 0 Å². The van der Waals surface area contributed by atoms with Gasteiger partial charge in [-0.1, -0.05) is 48.0 Å². The highest BCUT2D eigenvalue weighted by Gasteiger charge is 2.37. The summed E-state index contributed by atoms with van der Waals surface area (Å²) < 4.78 is 0. The summed E-state index contributed by atoms with van der Waals surface area (Å²) in [7, 11) is 0. The average molecular weight is 345 g/mol. The molecule has 4 rings (SSSR count). The maximum atomic E-state index is 13.0. The van der Waals surface area contributed by atoms with Crippen LogP contribution in [-0.2, 0) is 4.79 Å². The Bertz CT molecular complexity index is 989. The molecule has 1 aliphatic rings. The van der Waals surface area contributed by atoms with Gasteiger partial charge >= 0.3 is 0 Å². The maximum absolute atomic E-state index is 13.0. The quantitative estimate of drug-likeness (QED) is 0.729. The Morgan fingerprint density at radius 3 is 2.27 bits per heavy atom. The van der Waals surface area contributed by atoms with Gasteiger partial charge in [-0.25, -0.2) is 0 Å². The summed E-state index contributed by atoms with van der Waals surface area (Å²) in [6.45, 7) is 5.74. The summed E-state index contributed by atoms with van der Waals surface area (Å²) in [5, 5.41) is 14.9. The van der Waals surface area contributed by atoms with Gasteiger partial charge in [0, 0.05) is 5.56 Å². The molecule has 3 aromatic rings. The van der Waals surface area contributed by atoms with Gasteiger partial charge in [-0.15, -0.1) is 0 Å². The molecule has 1 aliphatic heterocycles. The highest BCUT2D eigenvalue weighted by Crippen LogP contribution is 2.28. The van der Waals surface area contributed by atoms with E-state index in [0.29, 0.717) is 5.71 Å². The summed E-state index contributed by atoms with van der Waals surface area (Å²) in [5.74, 6) is -0.152. The number of aromatic nitrogens is 3. The average Bonchev–Trinajstić information content (AvgIpc) is 3.16. The molecule has 0 aliphatic carbocycles. The van der Waals surface area contributed by atoms with Gasteiger partial charge in [-0.05, 0) is 32.9 Å². The Labute approximate surface area is 151 Å². The standard InChI is InChI=1S/C20H19N5O/c1-13-9-11-17(12-10-13)24-20(26)19(15(3)21-24)25-22-14(2)18(23-25)16-7-5-4-6-8-16/h4-12,19H,1-3H3. The van der Waals surface area contributed by atoms with Crippen molar-refractivity contribution in [3.8, 4) is 11.3 Å². The molecule has 1 aromatic heterocycles. The van der Waals surface area contributed by atoms with Gasteiger partial charge in [-0.2, -0.15) is 25.1 Å². The van der Waals surface area contributed by atoms with Crippen LogP contribution >= 0.6 is 0 Å². The van der Waals surface area contributed by atoms with Crippen LogP contribution in [-0.4, -0.2) is 26.6 Å². The number of hydrogen-bond acceptors (Lipinski definition) is 4. The highest BCUT2D eigenvalue weighted by atomic mass is 16.2. The molecule has 0 fully saturated rings. The largest absolute Gasteiger partial charge is 0.280 e. The molecule has 0 spiro atoms. The lowest BCUT2D eigenvalue weighted by Crippen LogP contribution is -2.30. The zero-order chi connectivity index (χ0) is 18.3. The first-order valence-corrected chi connectivity index (χ1v) is 8.49. The lowest BCUT2D eigenvalue weighted by atomic mass is 10.1. The Balaban J connectivity index is 1.68. The molecule has 0 radical (unpaired) electrons. The van der Waals surface area contributed by atoms with E-state index in [2.05, 4.69) is 15.3 Å². The van der Waals surface area contributed by atoms with Gasteiger partial charge in [0.25, 0.3) is 5.91 Å². The molecule has 0 bridgehead atoms. The molecule has 2 aromatic carbocycles. The fourth-order valence-corrected chi connectivity index (χ4v) is 3.07. The third-order valence-corrected chi connectivity index (χ3v) is 4.45. The number of nitrogens with zero attached hydrogens (tertiary/aromatic N) is 5. The van der Waals surface area contributed by atoms with E-state index in [9.17, 15) is 4.79 Å². The van der Waals surface area contributed by atoms with Gasteiger partial charge in [0.1, 0.15) is 5.69 Å². The molecular formula is C20H19N5O. The Morgan fingerprint density at radius 1 is 0.885 bits per heavy atom. The van der Waals surface area contributed by atoms with Gasteiger partial charge < -0.3 is 0 Å².